The summed E-state index contributed by atoms with van der Waals surface area (Å²) in [4.78, 5) is 25.2. The number of carbonyl (C=O) groups excluding carboxylic acids is 1. The number of carboxylic acid groups (broad SMARTS) is 1. The third kappa shape index (κ3) is 2.66. The molecule has 0 spiro atoms. The molecule has 0 aliphatic heterocycles. The monoisotopic (exact) mass is 263 g/mol. The highest BCUT2D eigenvalue weighted by molar-refractivity contribution is 6.00. The standard InChI is InChI=1S/C12H13N3O4/c1-13-15(12(18)19-7-11(16)17)10-6-14-9-5-3-2-4-8(9)10/h2-6,13-14H,7H2,1H3,(H,16,17). The average molecular weight is 263 g/mol. The zero-order valence-corrected chi connectivity index (χ0v) is 10.2. The lowest BCUT2D eigenvalue weighted by molar-refractivity contribution is -0.140. The minimum absolute atomic E-state index is 0.563. The number of rotatable bonds is 4. The maximum Gasteiger partial charge on any atom is 0.429 e. The Bertz CT molecular complexity index is 608. The van der Waals surface area contributed by atoms with Gasteiger partial charge in [0, 0.05) is 24.1 Å². The number of anilines is 1. The van der Waals surface area contributed by atoms with Crippen LogP contribution in [0, 0.1) is 0 Å². The second-order valence-electron chi connectivity index (χ2n) is 3.73. The molecule has 1 heterocycles. The van der Waals surface area contributed by atoms with E-state index in [0.29, 0.717) is 5.69 Å². The SMILES string of the molecule is CNN(C(=O)OCC(=O)O)c1c[nH]c2ccccc12. The van der Waals surface area contributed by atoms with Crippen molar-refractivity contribution in [3.63, 3.8) is 0 Å². The number of aromatic amines is 1. The van der Waals surface area contributed by atoms with E-state index in [-0.39, 0.29) is 0 Å². The summed E-state index contributed by atoms with van der Waals surface area (Å²) < 4.78 is 4.64. The number of nitrogens with one attached hydrogen (secondary N) is 2. The summed E-state index contributed by atoms with van der Waals surface area (Å²) in [6.07, 6.45) is 0.859. The van der Waals surface area contributed by atoms with E-state index < -0.39 is 18.7 Å². The molecule has 0 bridgehead atoms. The van der Waals surface area contributed by atoms with Gasteiger partial charge in [-0.15, -0.1) is 0 Å². The summed E-state index contributed by atoms with van der Waals surface area (Å²) in [7, 11) is 1.55. The Morgan fingerprint density at radius 2 is 2.16 bits per heavy atom. The lowest BCUT2D eigenvalue weighted by atomic mass is 10.2. The van der Waals surface area contributed by atoms with Crippen molar-refractivity contribution >= 4 is 28.7 Å². The average Bonchev–Trinajstić information content (AvgIpc) is 2.81. The quantitative estimate of drug-likeness (QED) is 0.723. The van der Waals surface area contributed by atoms with E-state index in [2.05, 4.69) is 15.1 Å². The lowest BCUT2D eigenvalue weighted by Gasteiger charge is -2.19. The number of H-pyrrole nitrogens is 1. The Hall–Kier alpha value is -2.54. The fourth-order valence-electron chi connectivity index (χ4n) is 1.74. The summed E-state index contributed by atoms with van der Waals surface area (Å²) in [5.74, 6) is -1.21. The van der Waals surface area contributed by atoms with Crippen molar-refractivity contribution in [1.29, 1.82) is 0 Å². The van der Waals surface area contributed by atoms with Gasteiger partial charge in [0.05, 0.1) is 5.69 Å². The molecule has 0 atom stereocenters. The van der Waals surface area contributed by atoms with Gasteiger partial charge in [0.2, 0.25) is 0 Å². The topological polar surface area (TPSA) is 94.7 Å². The summed E-state index contributed by atoms with van der Waals surface area (Å²) in [6, 6.07) is 7.43. The molecule has 2 aromatic rings. The van der Waals surface area contributed by atoms with Crippen molar-refractivity contribution < 1.29 is 19.4 Å². The van der Waals surface area contributed by atoms with Crippen molar-refractivity contribution in [3.05, 3.63) is 30.5 Å². The zero-order valence-electron chi connectivity index (χ0n) is 10.2. The molecule has 7 heteroatoms. The fraction of sp³-hybridized carbons (Fsp3) is 0.167. The molecule has 0 fully saturated rings. The minimum Gasteiger partial charge on any atom is -0.479 e. The predicted molar refractivity (Wildman–Crippen MR) is 68.8 cm³/mol. The van der Waals surface area contributed by atoms with Crippen molar-refractivity contribution in [2.24, 2.45) is 0 Å². The lowest BCUT2D eigenvalue weighted by Crippen LogP contribution is -2.41. The van der Waals surface area contributed by atoms with E-state index in [1.54, 1.807) is 13.2 Å². The molecule has 100 valence electrons. The van der Waals surface area contributed by atoms with Crippen LogP contribution in [0.3, 0.4) is 0 Å². The molecule has 0 saturated carbocycles. The van der Waals surface area contributed by atoms with Gasteiger partial charge in [-0.05, 0) is 6.07 Å². The molecular formula is C12H13N3O4. The van der Waals surface area contributed by atoms with E-state index in [1.165, 1.54) is 0 Å². The van der Waals surface area contributed by atoms with Crippen LogP contribution in [0.25, 0.3) is 10.9 Å². The molecule has 0 aliphatic carbocycles. The van der Waals surface area contributed by atoms with Gasteiger partial charge in [-0.25, -0.2) is 20.0 Å². The number of benzene rings is 1. The first kappa shape index (κ1) is 12.9. The Labute approximate surface area is 108 Å². The van der Waals surface area contributed by atoms with Gasteiger partial charge in [0.1, 0.15) is 0 Å². The van der Waals surface area contributed by atoms with Crippen molar-refractivity contribution in [3.8, 4) is 0 Å². The first-order valence-electron chi connectivity index (χ1n) is 5.55. The number of amides is 1. The van der Waals surface area contributed by atoms with E-state index in [1.807, 2.05) is 24.3 Å². The number of nitrogens with zero attached hydrogens (tertiary/aromatic N) is 1. The summed E-state index contributed by atoms with van der Waals surface area (Å²) in [5, 5.41) is 10.5. The molecule has 19 heavy (non-hydrogen) atoms. The van der Waals surface area contributed by atoms with Crippen LogP contribution in [-0.2, 0) is 9.53 Å². The normalized spacial score (nSPS) is 10.4. The van der Waals surface area contributed by atoms with Gasteiger partial charge >= 0.3 is 12.1 Å². The number of carbonyl (C=O) groups is 2. The van der Waals surface area contributed by atoms with Gasteiger partial charge in [0.15, 0.2) is 6.61 Å². The zero-order chi connectivity index (χ0) is 13.8. The van der Waals surface area contributed by atoms with E-state index in [9.17, 15) is 9.59 Å². The van der Waals surface area contributed by atoms with Crippen LogP contribution in [0.5, 0.6) is 0 Å². The molecule has 2 rings (SSSR count). The van der Waals surface area contributed by atoms with Gasteiger partial charge < -0.3 is 14.8 Å². The molecule has 7 nitrogen and oxygen atoms in total. The minimum atomic E-state index is -1.21. The Morgan fingerprint density at radius 1 is 1.42 bits per heavy atom. The number of carboxylic acids is 1. The largest absolute Gasteiger partial charge is 0.479 e. The van der Waals surface area contributed by atoms with Crippen LogP contribution < -0.4 is 10.4 Å². The summed E-state index contributed by atoms with van der Waals surface area (Å²) >= 11 is 0. The van der Waals surface area contributed by atoms with Crippen LogP contribution in [-0.4, -0.2) is 35.8 Å². The summed E-state index contributed by atoms with van der Waals surface area (Å²) in [6.45, 7) is -0.681. The van der Waals surface area contributed by atoms with Gasteiger partial charge in [0.25, 0.3) is 0 Å². The Balaban J connectivity index is 2.26. The molecule has 0 unspecified atom stereocenters. The molecular weight excluding hydrogens is 250 g/mol. The molecule has 1 amide bonds. The second-order valence-corrected chi connectivity index (χ2v) is 3.73. The maximum absolute atomic E-state index is 11.8. The second kappa shape index (κ2) is 5.40. The third-order valence-corrected chi connectivity index (χ3v) is 2.53. The predicted octanol–water partition coefficient (Wildman–Crippen LogP) is 1.33. The van der Waals surface area contributed by atoms with Gasteiger partial charge in [-0.1, -0.05) is 18.2 Å². The van der Waals surface area contributed by atoms with Gasteiger partial charge in [-0.3, -0.25) is 0 Å². The molecule has 1 aromatic carbocycles. The smallest absolute Gasteiger partial charge is 0.429 e. The van der Waals surface area contributed by atoms with E-state index >= 15 is 0 Å². The fourth-order valence-corrected chi connectivity index (χ4v) is 1.74. The first-order chi connectivity index (χ1) is 9.13. The molecule has 3 N–H and O–H groups in total. The van der Waals surface area contributed by atoms with Gasteiger partial charge in [-0.2, -0.15) is 0 Å². The van der Waals surface area contributed by atoms with E-state index in [0.717, 1.165) is 15.9 Å². The Morgan fingerprint density at radius 3 is 2.84 bits per heavy atom. The van der Waals surface area contributed by atoms with Crippen LogP contribution in [0.2, 0.25) is 0 Å². The maximum atomic E-state index is 11.8. The van der Waals surface area contributed by atoms with E-state index in [4.69, 9.17) is 5.11 Å². The highest BCUT2D eigenvalue weighted by Gasteiger charge is 2.19. The number of hydrogen-bond donors (Lipinski definition) is 3. The van der Waals surface area contributed by atoms with Crippen LogP contribution in [0.4, 0.5) is 10.5 Å². The highest BCUT2D eigenvalue weighted by atomic mass is 16.6. The molecule has 0 radical (unpaired) electrons. The number of aliphatic carboxylic acids is 1. The first-order valence-corrected chi connectivity index (χ1v) is 5.55. The third-order valence-electron chi connectivity index (χ3n) is 2.53. The number of fused-ring (bicyclic) bond motifs is 1. The highest BCUT2D eigenvalue weighted by Crippen LogP contribution is 2.25. The molecule has 0 saturated heterocycles. The van der Waals surface area contributed by atoms with Crippen molar-refractivity contribution in [2.75, 3.05) is 18.7 Å². The van der Waals surface area contributed by atoms with Crippen LogP contribution in [0.1, 0.15) is 0 Å². The van der Waals surface area contributed by atoms with Crippen LogP contribution in [0.15, 0.2) is 30.5 Å². The number of ether oxygens (including phenoxy) is 1. The molecule has 1 aromatic heterocycles. The number of hydrogen-bond acceptors (Lipinski definition) is 4. The van der Waals surface area contributed by atoms with Crippen LogP contribution >= 0.6 is 0 Å². The Kier molecular flexibility index (Phi) is 3.67. The number of para-hydroxylation sites is 1. The number of hydrazine groups is 1. The number of aromatic nitrogens is 1. The molecule has 0 aliphatic rings. The van der Waals surface area contributed by atoms with Crippen molar-refractivity contribution in [2.45, 2.75) is 0 Å². The summed E-state index contributed by atoms with van der Waals surface area (Å²) in [5.41, 5.74) is 4.09. The van der Waals surface area contributed by atoms with Crippen molar-refractivity contribution in [1.82, 2.24) is 10.4 Å².